The molecule has 1 aromatic heterocycles. The van der Waals surface area contributed by atoms with Crippen molar-refractivity contribution >= 4 is 0 Å². The lowest BCUT2D eigenvalue weighted by Gasteiger charge is -2.15. The summed E-state index contributed by atoms with van der Waals surface area (Å²) < 4.78 is 13.1. The van der Waals surface area contributed by atoms with Gasteiger partial charge in [0.2, 0.25) is 0 Å². The minimum atomic E-state index is -1.39. The molecule has 0 aliphatic carbocycles. The summed E-state index contributed by atoms with van der Waals surface area (Å²) in [7, 11) is 0. The van der Waals surface area contributed by atoms with Crippen molar-refractivity contribution < 1.29 is 14.6 Å². The number of hydrogen-bond acceptors (Lipinski definition) is 5. The van der Waals surface area contributed by atoms with Crippen LogP contribution in [0.25, 0.3) is 0 Å². The molecule has 0 spiro atoms. The molecule has 1 rings (SSSR count). The summed E-state index contributed by atoms with van der Waals surface area (Å²) in [5.41, 5.74) is -0.357. The zero-order valence-electron chi connectivity index (χ0n) is 8.13. The quantitative estimate of drug-likeness (QED) is 0.769. The van der Waals surface area contributed by atoms with E-state index in [1.165, 1.54) is 6.07 Å². The number of rotatable bonds is 3. The Hall–Kier alpha value is -2.02. The summed E-state index contributed by atoms with van der Waals surface area (Å²) in [4.78, 5) is 3.47. The number of aliphatic hydroxyl groups excluding tert-OH is 2. The standard InChI is InChI=1S/C10H8FN3O2/c11-7-3-6(5-14-8(7)4-13)10(16)9(15)1-2-12/h3,5,9-10,15-16H,1H2. The molecule has 0 saturated heterocycles. The van der Waals surface area contributed by atoms with Gasteiger partial charge in [-0.25, -0.2) is 9.37 Å². The molecule has 0 fully saturated rings. The van der Waals surface area contributed by atoms with Crippen LogP contribution in [0, 0.1) is 28.5 Å². The van der Waals surface area contributed by atoms with Gasteiger partial charge in [-0.3, -0.25) is 0 Å². The molecule has 2 unspecified atom stereocenters. The van der Waals surface area contributed by atoms with E-state index in [-0.39, 0.29) is 17.7 Å². The summed E-state index contributed by atoms with van der Waals surface area (Å²) in [5, 5.41) is 35.6. The van der Waals surface area contributed by atoms with Crippen LogP contribution in [-0.2, 0) is 0 Å². The molecule has 2 N–H and O–H groups in total. The Bertz CT molecular complexity index is 464. The maximum absolute atomic E-state index is 13.1. The molecule has 6 heteroatoms. The van der Waals surface area contributed by atoms with E-state index < -0.39 is 18.0 Å². The number of nitriles is 2. The monoisotopic (exact) mass is 221 g/mol. The topological polar surface area (TPSA) is 101 Å². The van der Waals surface area contributed by atoms with Crippen LogP contribution in [0.5, 0.6) is 0 Å². The third-order valence-electron chi connectivity index (χ3n) is 1.97. The van der Waals surface area contributed by atoms with E-state index in [4.69, 9.17) is 10.5 Å². The molecule has 1 aromatic rings. The van der Waals surface area contributed by atoms with Gasteiger partial charge >= 0.3 is 0 Å². The van der Waals surface area contributed by atoms with Crippen molar-refractivity contribution in [2.45, 2.75) is 18.6 Å². The Balaban J connectivity index is 2.94. The Labute approximate surface area is 91.0 Å². The molecule has 0 bridgehead atoms. The van der Waals surface area contributed by atoms with Gasteiger partial charge in [-0.15, -0.1) is 0 Å². The molecule has 2 atom stereocenters. The molecular weight excluding hydrogens is 213 g/mol. The number of nitrogens with zero attached hydrogens (tertiary/aromatic N) is 3. The fraction of sp³-hybridized carbons (Fsp3) is 0.300. The Kier molecular flexibility index (Phi) is 3.90. The van der Waals surface area contributed by atoms with Gasteiger partial charge in [0, 0.05) is 11.8 Å². The summed E-state index contributed by atoms with van der Waals surface area (Å²) in [6, 6.07) is 4.13. The van der Waals surface area contributed by atoms with Crippen LogP contribution in [0.15, 0.2) is 12.3 Å². The Morgan fingerprint density at radius 1 is 1.44 bits per heavy atom. The average molecular weight is 221 g/mol. The maximum Gasteiger partial charge on any atom is 0.176 e. The molecule has 5 nitrogen and oxygen atoms in total. The summed E-state index contributed by atoms with van der Waals surface area (Å²) in [5.74, 6) is -0.872. The van der Waals surface area contributed by atoms with Gasteiger partial charge in [0.1, 0.15) is 12.2 Å². The number of pyridine rings is 1. The Morgan fingerprint density at radius 2 is 2.12 bits per heavy atom. The first-order valence-electron chi connectivity index (χ1n) is 4.38. The van der Waals surface area contributed by atoms with Crippen molar-refractivity contribution in [2.24, 2.45) is 0 Å². The first-order chi connectivity index (χ1) is 7.60. The average Bonchev–Trinajstić information content (AvgIpc) is 2.28. The van der Waals surface area contributed by atoms with Crippen LogP contribution in [0.1, 0.15) is 23.8 Å². The zero-order chi connectivity index (χ0) is 12.1. The van der Waals surface area contributed by atoms with Crippen molar-refractivity contribution in [2.75, 3.05) is 0 Å². The minimum absolute atomic E-state index is 0.0271. The third kappa shape index (κ3) is 2.51. The van der Waals surface area contributed by atoms with Crippen molar-refractivity contribution in [1.82, 2.24) is 4.98 Å². The second kappa shape index (κ2) is 5.17. The maximum atomic E-state index is 13.1. The molecular formula is C10H8FN3O2. The normalized spacial score (nSPS) is 13.6. The zero-order valence-corrected chi connectivity index (χ0v) is 8.13. The van der Waals surface area contributed by atoms with Gasteiger partial charge in [0.15, 0.2) is 11.5 Å². The summed E-state index contributed by atoms with van der Waals surface area (Å²) in [6.07, 6.45) is -1.89. The number of hydrogen-bond donors (Lipinski definition) is 2. The highest BCUT2D eigenvalue weighted by atomic mass is 19.1. The molecule has 0 aliphatic heterocycles. The fourth-order valence-electron chi connectivity index (χ4n) is 1.12. The molecule has 0 radical (unpaired) electrons. The summed E-state index contributed by atoms with van der Waals surface area (Å²) in [6.45, 7) is 0. The van der Waals surface area contributed by atoms with Crippen LogP contribution < -0.4 is 0 Å². The van der Waals surface area contributed by atoms with Crippen LogP contribution in [-0.4, -0.2) is 21.3 Å². The van der Waals surface area contributed by atoms with E-state index in [1.54, 1.807) is 6.07 Å². The number of aromatic nitrogens is 1. The third-order valence-corrected chi connectivity index (χ3v) is 1.97. The largest absolute Gasteiger partial charge is 0.389 e. The van der Waals surface area contributed by atoms with E-state index in [0.29, 0.717) is 0 Å². The number of halogens is 1. The minimum Gasteiger partial charge on any atom is -0.389 e. The van der Waals surface area contributed by atoms with E-state index in [1.807, 2.05) is 0 Å². The Morgan fingerprint density at radius 3 is 2.62 bits per heavy atom. The predicted molar refractivity (Wildman–Crippen MR) is 50.1 cm³/mol. The van der Waals surface area contributed by atoms with Crippen LogP contribution in [0.3, 0.4) is 0 Å². The van der Waals surface area contributed by atoms with Gasteiger partial charge in [-0.2, -0.15) is 10.5 Å². The van der Waals surface area contributed by atoms with Gasteiger partial charge in [0.25, 0.3) is 0 Å². The van der Waals surface area contributed by atoms with Gasteiger partial charge in [-0.1, -0.05) is 0 Å². The highest BCUT2D eigenvalue weighted by Crippen LogP contribution is 2.19. The van der Waals surface area contributed by atoms with Crippen molar-refractivity contribution in [3.05, 3.63) is 29.3 Å². The second-order valence-corrected chi connectivity index (χ2v) is 3.09. The lowest BCUT2D eigenvalue weighted by molar-refractivity contribution is 0.0212. The first-order valence-corrected chi connectivity index (χ1v) is 4.38. The van der Waals surface area contributed by atoms with E-state index in [9.17, 15) is 14.6 Å². The van der Waals surface area contributed by atoms with Gasteiger partial charge in [-0.05, 0) is 6.07 Å². The highest BCUT2D eigenvalue weighted by molar-refractivity contribution is 5.26. The lowest BCUT2D eigenvalue weighted by atomic mass is 10.0. The van der Waals surface area contributed by atoms with Gasteiger partial charge < -0.3 is 10.2 Å². The first kappa shape index (κ1) is 12.1. The molecule has 0 saturated carbocycles. The smallest absolute Gasteiger partial charge is 0.176 e. The molecule has 0 aliphatic rings. The van der Waals surface area contributed by atoms with E-state index in [0.717, 1.165) is 12.3 Å². The van der Waals surface area contributed by atoms with Crippen molar-refractivity contribution in [1.29, 1.82) is 10.5 Å². The van der Waals surface area contributed by atoms with E-state index in [2.05, 4.69) is 4.98 Å². The lowest BCUT2D eigenvalue weighted by Crippen LogP contribution is -2.18. The molecule has 82 valence electrons. The van der Waals surface area contributed by atoms with Crippen LogP contribution in [0.4, 0.5) is 4.39 Å². The summed E-state index contributed by atoms with van der Waals surface area (Å²) >= 11 is 0. The molecule has 1 heterocycles. The molecule has 0 aromatic carbocycles. The SMILES string of the molecule is N#CCC(O)C(O)c1cnc(C#N)c(F)c1. The number of aliphatic hydroxyl groups is 2. The highest BCUT2D eigenvalue weighted by Gasteiger charge is 2.19. The second-order valence-electron chi connectivity index (χ2n) is 3.09. The van der Waals surface area contributed by atoms with Crippen molar-refractivity contribution in [3.8, 4) is 12.1 Å². The fourth-order valence-corrected chi connectivity index (χ4v) is 1.12. The molecule has 16 heavy (non-hydrogen) atoms. The van der Waals surface area contributed by atoms with Crippen LogP contribution in [0.2, 0.25) is 0 Å². The predicted octanol–water partition coefficient (Wildman–Crippen LogP) is 0.400. The van der Waals surface area contributed by atoms with Crippen molar-refractivity contribution in [3.63, 3.8) is 0 Å². The van der Waals surface area contributed by atoms with Gasteiger partial charge in [0.05, 0.1) is 18.6 Å². The van der Waals surface area contributed by atoms with E-state index >= 15 is 0 Å². The molecule has 0 amide bonds. The van der Waals surface area contributed by atoms with Crippen LogP contribution >= 0.6 is 0 Å².